The summed E-state index contributed by atoms with van der Waals surface area (Å²) < 4.78 is 11.3. The molecule has 0 saturated carbocycles. The van der Waals surface area contributed by atoms with Crippen LogP contribution in [0.25, 0.3) is 0 Å². The Morgan fingerprint density at radius 2 is 2.15 bits per heavy atom. The zero-order valence-corrected chi connectivity index (χ0v) is 21.3. The van der Waals surface area contributed by atoms with E-state index < -0.39 is 6.10 Å². The molecule has 1 amide bonds. The van der Waals surface area contributed by atoms with Crippen LogP contribution in [0.2, 0.25) is 0 Å². The maximum absolute atomic E-state index is 13.5. The lowest BCUT2D eigenvalue weighted by Gasteiger charge is -2.37. The molecule has 3 rings (SSSR count). The van der Waals surface area contributed by atoms with Gasteiger partial charge in [-0.05, 0) is 61.7 Å². The second-order valence-corrected chi connectivity index (χ2v) is 9.88. The van der Waals surface area contributed by atoms with Crippen molar-refractivity contribution in [1.82, 2.24) is 9.80 Å². The molecule has 2 atom stereocenters. The molecular formula is C27H38N2O4S. The maximum Gasteiger partial charge on any atom is 0.237 e. The summed E-state index contributed by atoms with van der Waals surface area (Å²) in [5, 5.41) is 12.6. The van der Waals surface area contributed by atoms with Crippen LogP contribution in [0.5, 0.6) is 5.75 Å². The molecule has 1 aromatic heterocycles. The number of amides is 1. The van der Waals surface area contributed by atoms with E-state index in [4.69, 9.17) is 9.47 Å². The fourth-order valence-electron chi connectivity index (χ4n) is 4.33. The van der Waals surface area contributed by atoms with Crippen molar-refractivity contribution in [2.24, 2.45) is 0 Å². The number of nitrogens with zero attached hydrogens (tertiary/aromatic N) is 2. The van der Waals surface area contributed by atoms with Gasteiger partial charge in [-0.2, -0.15) is 0 Å². The summed E-state index contributed by atoms with van der Waals surface area (Å²) in [4.78, 5) is 18.9. The van der Waals surface area contributed by atoms with E-state index in [-0.39, 0.29) is 18.5 Å². The Morgan fingerprint density at radius 3 is 2.88 bits per heavy atom. The zero-order valence-electron chi connectivity index (χ0n) is 20.4. The Balaban J connectivity index is 1.69. The second kappa shape index (κ2) is 13.6. The van der Waals surface area contributed by atoms with Crippen molar-refractivity contribution in [3.05, 3.63) is 64.4 Å². The molecule has 0 unspecified atom stereocenters. The molecule has 2 aromatic rings. The molecular weight excluding hydrogens is 448 g/mol. The van der Waals surface area contributed by atoms with Gasteiger partial charge in [-0.3, -0.25) is 9.69 Å². The van der Waals surface area contributed by atoms with Crippen molar-refractivity contribution in [2.75, 3.05) is 46.5 Å². The SMILES string of the molecule is C=CCC[C@@H](O)CN(CCCOC)CC(=O)N1CCc2sccc2[C@@H]1COc1ccc(C)cc1. The first-order valence-corrected chi connectivity index (χ1v) is 12.9. The van der Waals surface area contributed by atoms with Crippen molar-refractivity contribution < 1.29 is 19.4 Å². The van der Waals surface area contributed by atoms with Gasteiger partial charge in [0, 0.05) is 38.2 Å². The van der Waals surface area contributed by atoms with Crippen LogP contribution in [0, 0.1) is 6.92 Å². The van der Waals surface area contributed by atoms with Crippen molar-refractivity contribution in [3.8, 4) is 5.75 Å². The average molecular weight is 487 g/mol. The Morgan fingerprint density at radius 1 is 1.35 bits per heavy atom. The number of thiophene rings is 1. The molecule has 2 heterocycles. The van der Waals surface area contributed by atoms with Gasteiger partial charge in [0.05, 0.1) is 18.7 Å². The third-order valence-corrected chi connectivity index (χ3v) is 7.20. The smallest absolute Gasteiger partial charge is 0.237 e. The predicted molar refractivity (Wildman–Crippen MR) is 138 cm³/mol. The van der Waals surface area contributed by atoms with Gasteiger partial charge in [0.15, 0.2) is 0 Å². The molecule has 6 nitrogen and oxygen atoms in total. The molecule has 1 aliphatic heterocycles. The summed E-state index contributed by atoms with van der Waals surface area (Å²) in [6.07, 6.45) is 4.41. The molecule has 186 valence electrons. The van der Waals surface area contributed by atoms with Crippen LogP contribution < -0.4 is 4.74 Å². The number of benzene rings is 1. The van der Waals surface area contributed by atoms with Gasteiger partial charge < -0.3 is 19.5 Å². The van der Waals surface area contributed by atoms with E-state index in [1.54, 1.807) is 18.4 Å². The molecule has 34 heavy (non-hydrogen) atoms. The summed E-state index contributed by atoms with van der Waals surface area (Å²) in [6.45, 7) is 8.95. The highest BCUT2D eigenvalue weighted by Gasteiger charge is 2.33. The Labute approximate surface area is 207 Å². The van der Waals surface area contributed by atoms with Crippen LogP contribution in [0.1, 0.15) is 41.3 Å². The molecule has 1 aromatic carbocycles. The van der Waals surface area contributed by atoms with Crippen molar-refractivity contribution in [3.63, 3.8) is 0 Å². The molecule has 0 radical (unpaired) electrons. The van der Waals surface area contributed by atoms with Crippen LogP contribution in [-0.2, 0) is 16.0 Å². The van der Waals surface area contributed by atoms with E-state index in [9.17, 15) is 9.90 Å². The Bertz CT molecular complexity index is 898. The summed E-state index contributed by atoms with van der Waals surface area (Å²) >= 11 is 1.75. The van der Waals surface area contributed by atoms with Crippen molar-refractivity contribution >= 4 is 17.2 Å². The topological polar surface area (TPSA) is 62.2 Å². The number of aliphatic hydroxyl groups excluding tert-OH is 1. The van der Waals surface area contributed by atoms with Crippen LogP contribution in [0.3, 0.4) is 0 Å². The first kappa shape index (κ1) is 26.4. The molecule has 0 bridgehead atoms. The first-order valence-electron chi connectivity index (χ1n) is 12.1. The van der Waals surface area contributed by atoms with Crippen molar-refractivity contribution in [1.29, 1.82) is 0 Å². The second-order valence-electron chi connectivity index (χ2n) is 8.88. The summed E-state index contributed by atoms with van der Waals surface area (Å²) in [5.74, 6) is 0.884. The minimum absolute atomic E-state index is 0.0719. The number of methoxy groups -OCH3 is 1. The van der Waals surface area contributed by atoms with E-state index in [1.165, 1.54) is 16.0 Å². The summed E-state index contributed by atoms with van der Waals surface area (Å²) in [6, 6.07) is 10.0. The number of allylic oxidation sites excluding steroid dienone is 1. The zero-order chi connectivity index (χ0) is 24.3. The molecule has 0 fully saturated rings. The van der Waals surface area contributed by atoms with Gasteiger partial charge in [-0.25, -0.2) is 0 Å². The largest absolute Gasteiger partial charge is 0.491 e. The van der Waals surface area contributed by atoms with Crippen LogP contribution in [0.4, 0.5) is 0 Å². The fourth-order valence-corrected chi connectivity index (χ4v) is 5.26. The maximum atomic E-state index is 13.5. The predicted octanol–water partition coefficient (Wildman–Crippen LogP) is 4.23. The van der Waals surface area contributed by atoms with Gasteiger partial charge in [0.1, 0.15) is 12.4 Å². The average Bonchev–Trinajstić information content (AvgIpc) is 3.31. The number of aliphatic hydroxyl groups is 1. The normalized spacial score (nSPS) is 16.4. The molecule has 0 aliphatic carbocycles. The molecule has 0 spiro atoms. The van der Waals surface area contributed by atoms with Gasteiger partial charge >= 0.3 is 0 Å². The third kappa shape index (κ3) is 7.67. The van der Waals surface area contributed by atoms with Gasteiger partial charge in [-0.1, -0.05) is 23.8 Å². The number of hydrogen-bond acceptors (Lipinski definition) is 6. The standard InChI is InChI=1S/C27H38N2O4S/c1-4-5-7-22(30)18-28(14-6-16-32-3)19-27(31)29-15-12-26-24(13-17-34-26)25(29)20-33-23-10-8-21(2)9-11-23/h4,8-11,13,17,22,25,30H,1,5-7,12,14-16,18-20H2,2-3H3/t22-,25+/m1/s1. The number of rotatable bonds is 14. The number of aryl methyl sites for hydroxylation is 1. The number of ether oxygens (including phenoxy) is 2. The van der Waals surface area contributed by atoms with Crippen LogP contribution in [0.15, 0.2) is 48.4 Å². The molecule has 0 saturated heterocycles. The highest BCUT2D eigenvalue weighted by atomic mass is 32.1. The van der Waals surface area contributed by atoms with Crippen LogP contribution >= 0.6 is 11.3 Å². The molecule has 1 aliphatic rings. The molecule has 1 N–H and O–H groups in total. The fraction of sp³-hybridized carbons (Fsp3) is 0.519. The van der Waals surface area contributed by atoms with Gasteiger partial charge in [0.2, 0.25) is 5.91 Å². The monoisotopic (exact) mass is 486 g/mol. The van der Waals surface area contributed by atoms with E-state index >= 15 is 0 Å². The van der Waals surface area contributed by atoms with E-state index in [2.05, 4.69) is 29.8 Å². The van der Waals surface area contributed by atoms with Crippen molar-refractivity contribution in [2.45, 2.75) is 44.8 Å². The van der Waals surface area contributed by atoms with Crippen LogP contribution in [-0.4, -0.2) is 73.4 Å². The number of hydrogen-bond donors (Lipinski definition) is 1. The minimum Gasteiger partial charge on any atom is -0.491 e. The molecule has 7 heteroatoms. The lowest BCUT2D eigenvalue weighted by Crippen LogP contribution is -2.48. The van der Waals surface area contributed by atoms with Gasteiger partial charge in [0.25, 0.3) is 0 Å². The first-order chi connectivity index (χ1) is 16.5. The number of carbonyl (C=O) groups excluding carboxylic acids is 1. The van der Waals surface area contributed by atoms with E-state index in [0.29, 0.717) is 39.3 Å². The highest BCUT2D eigenvalue weighted by Crippen LogP contribution is 2.34. The number of fused-ring (bicyclic) bond motifs is 1. The number of carbonyl (C=O) groups is 1. The van der Waals surface area contributed by atoms with E-state index in [1.807, 2.05) is 35.2 Å². The highest BCUT2D eigenvalue weighted by molar-refractivity contribution is 7.10. The third-order valence-electron chi connectivity index (χ3n) is 6.20. The summed E-state index contributed by atoms with van der Waals surface area (Å²) in [5.41, 5.74) is 2.37. The quantitative estimate of drug-likeness (QED) is 0.320. The van der Waals surface area contributed by atoms with E-state index in [0.717, 1.165) is 25.0 Å². The lowest BCUT2D eigenvalue weighted by molar-refractivity contribution is -0.136. The minimum atomic E-state index is -0.487. The van der Waals surface area contributed by atoms with Gasteiger partial charge in [-0.15, -0.1) is 17.9 Å². The Kier molecular flexibility index (Phi) is 10.6. The lowest BCUT2D eigenvalue weighted by atomic mass is 10.0. The summed E-state index contributed by atoms with van der Waals surface area (Å²) in [7, 11) is 1.68. The Hall–Kier alpha value is -2.19.